The number of unbranched alkanes of at least 4 members (excludes halogenated alkanes) is 2. The largest absolute Gasteiger partial charge is 0.0654 e. The molecule has 1 aliphatic rings. The fourth-order valence-electron chi connectivity index (χ4n) is 3.36. The van der Waals surface area contributed by atoms with Crippen molar-refractivity contribution in [1.29, 1.82) is 0 Å². The molecule has 0 unspecified atom stereocenters. The van der Waals surface area contributed by atoms with Gasteiger partial charge in [0.25, 0.3) is 0 Å². The van der Waals surface area contributed by atoms with E-state index in [9.17, 15) is 0 Å². The molecular formula is C19H25Cl. The molecular weight excluding hydrogens is 264 g/mol. The highest BCUT2D eigenvalue weighted by Gasteiger charge is 2.21. The predicted molar refractivity (Wildman–Crippen MR) is 88.0 cm³/mol. The zero-order valence-corrected chi connectivity index (χ0v) is 13.3. The molecule has 1 aromatic carbocycles. The summed E-state index contributed by atoms with van der Waals surface area (Å²) in [5.74, 6) is 4.63. The molecule has 1 saturated carbocycles. The van der Waals surface area contributed by atoms with Crippen LogP contribution in [0.25, 0.3) is 0 Å². The standard InChI is InChI=1S/C19H25Cl/c1-2-3-4-5-16-6-10-18(11-7-16)19-12-8-17(9-13-19)14-15-20/h8-9,12-13,16,18H,2-7,10-11H2,1H3. The highest BCUT2D eigenvalue weighted by atomic mass is 35.5. The van der Waals surface area contributed by atoms with E-state index in [4.69, 9.17) is 11.6 Å². The van der Waals surface area contributed by atoms with Crippen molar-refractivity contribution >= 4 is 11.6 Å². The number of halogens is 1. The van der Waals surface area contributed by atoms with Crippen molar-refractivity contribution in [2.24, 2.45) is 5.92 Å². The van der Waals surface area contributed by atoms with Crippen molar-refractivity contribution in [3.63, 3.8) is 0 Å². The second-order valence-corrected chi connectivity index (χ2v) is 6.24. The van der Waals surface area contributed by atoms with Crippen LogP contribution in [0.1, 0.15) is 75.3 Å². The molecule has 0 aromatic heterocycles. The fraction of sp³-hybridized carbons (Fsp3) is 0.579. The third-order valence-electron chi connectivity index (χ3n) is 4.64. The van der Waals surface area contributed by atoms with E-state index >= 15 is 0 Å². The van der Waals surface area contributed by atoms with Gasteiger partial charge in [-0.15, -0.1) is 0 Å². The van der Waals surface area contributed by atoms with Crippen LogP contribution < -0.4 is 0 Å². The molecule has 0 amide bonds. The molecule has 0 saturated heterocycles. The second-order valence-electron chi connectivity index (χ2n) is 6.05. The zero-order chi connectivity index (χ0) is 14.2. The highest BCUT2D eigenvalue weighted by Crippen LogP contribution is 2.37. The third kappa shape index (κ3) is 4.57. The Balaban J connectivity index is 1.82. The lowest BCUT2D eigenvalue weighted by Crippen LogP contribution is -2.13. The van der Waals surface area contributed by atoms with E-state index in [0.29, 0.717) is 0 Å². The molecule has 0 heterocycles. The molecule has 0 radical (unpaired) electrons. The molecule has 1 aromatic rings. The van der Waals surface area contributed by atoms with Crippen molar-refractivity contribution < 1.29 is 0 Å². The summed E-state index contributed by atoms with van der Waals surface area (Å²) in [6.45, 7) is 2.29. The van der Waals surface area contributed by atoms with Gasteiger partial charge in [0, 0.05) is 10.9 Å². The van der Waals surface area contributed by atoms with Crippen molar-refractivity contribution in [2.45, 2.75) is 64.2 Å². The molecule has 1 heteroatoms. The highest BCUT2D eigenvalue weighted by molar-refractivity contribution is 6.30. The summed E-state index contributed by atoms with van der Waals surface area (Å²) in [5, 5.41) is 2.44. The number of hydrogen-bond donors (Lipinski definition) is 0. The van der Waals surface area contributed by atoms with E-state index in [1.54, 1.807) is 0 Å². The normalized spacial score (nSPS) is 22.1. The minimum Gasteiger partial charge on any atom is -0.0654 e. The van der Waals surface area contributed by atoms with Gasteiger partial charge in [-0.2, -0.15) is 0 Å². The topological polar surface area (TPSA) is 0 Å². The van der Waals surface area contributed by atoms with Crippen LogP contribution in [0.4, 0.5) is 0 Å². The van der Waals surface area contributed by atoms with Crippen molar-refractivity contribution in [2.75, 3.05) is 0 Å². The Morgan fingerprint density at radius 2 is 1.75 bits per heavy atom. The first-order valence-corrected chi connectivity index (χ1v) is 8.43. The molecule has 0 aliphatic heterocycles. The van der Waals surface area contributed by atoms with Gasteiger partial charge in [0.2, 0.25) is 0 Å². The van der Waals surface area contributed by atoms with Gasteiger partial charge in [-0.05, 0) is 72.7 Å². The summed E-state index contributed by atoms with van der Waals surface area (Å²) in [6.07, 6.45) is 11.2. The second kappa shape index (κ2) is 8.38. The van der Waals surface area contributed by atoms with E-state index in [-0.39, 0.29) is 0 Å². The Bertz CT molecular complexity index is 441. The summed E-state index contributed by atoms with van der Waals surface area (Å²) in [6, 6.07) is 8.66. The zero-order valence-electron chi connectivity index (χ0n) is 12.5. The third-order valence-corrected chi connectivity index (χ3v) is 4.73. The Hall–Kier alpha value is -0.930. The van der Waals surface area contributed by atoms with E-state index in [1.807, 2.05) is 0 Å². The lowest BCUT2D eigenvalue weighted by molar-refractivity contribution is 0.303. The quantitative estimate of drug-likeness (QED) is 0.454. The van der Waals surface area contributed by atoms with E-state index < -0.39 is 0 Å². The Morgan fingerprint density at radius 3 is 2.35 bits per heavy atom. The molecule has 0 atom stereocenters. The van der Waals surface area contributed by atoms with Crippen molar-refractivity contribution in [3.05, 3.63) is 35.4 Å². The predicted octanol–water partition coefficient (Wildman–Crippen LogP) is 6.09. The lowest BCUT2D eigenvalue weighted by Gasteiger charge is -2.29. The van der Waals surface area contributed by atoms with Crippen LogP contribution in [0.15, 0.2) is 24.3 Å². The molecule has 20 heavy (non-hydrogen) atoms. The van der Waals surface area contributed by atoms with Gasteiger partial charge in [0.05, 0.1) is 0 Å². The molecule has 2 rings (SSSR count). The van der Waals surface area contributed by atoms with Crippen LogP contribution in [-0.4, -0.2) is 0 Å². The molecule has 108 valence electrons. The van der Waals surface area contributed by atoms with E-state index in [1.165, 1.54) is 56.9 Å². The van der Waals surface area contributed by atoms with Gasteiger partial charge in [-0.3, -0.25) is 0 Å². The Labute approximate surface area is 128 Å². The summed E-state index contributed by atoms with van der Waals surface area (Å²) < 4.78 is 0. The molecule has 0 bridgehead atoms. The first kappa shape index (κ1) is 15.5. The summed E-state index contributed by atoms with van der Waals surface area (Å²) in [5.41, 5.74) is 2.49. The minimum atomic E-state index is 0.760. The van der Waals surface area contributed by atoms with Gasteiger partial charge < -0.3 is 0 Å². The molecule has 0 N–H and O–H groups in total. The van der Waals surface area contributed by atoms with Crippen LogP contribution in [0.3, 0.4) is 0 Å². The Morgan fingerprint density at radius 1 is 1.05 bits per heavy atom. The first-order valence-electron chi connectivity index (χ1n) is 8.05. The maximum atomic E-state index is 5.43. The summed E-state index contributed by atoms with van der Waals surface area (Å²) >= 11 is 5.43. The van der Waals surface area contributed by atoms with Crippen LogP contribution in [0.5, 0.6) is 0 Å². The van der Waals surface area contributed by atoms with Gasteiger partial charge in [0.15, 0.2) is 0 Å². The van der Waals surface area contributed by atoms with Crippen LogP contribution in [0.2, 0.25) is 0 Å². The fourth-order valence-corrected chi connectivity index (χ4v) is 3.47. The average Bonchev–Trinajstić information content (AvgIpc) is 2.49. The SMILES string of the molecule is CCCCCC1CCC(c2ccc(C#CCl)cc2)CC1. The van der Waals surface area contributed by atoms with Gasteiger partial charge in [0.1, 0.15) is 0 Å². The lowest BCUT2D eigenvalue weighted by atomic mass is 9.77. The number of hydrogen-bond acceptors (Lipinski definition) is 0. The first-order chi connectivity index (χ1) is 9.83. The van der Waals surface area contributed by atoms with Crippen LogP contribution in [0, 0.1) is 17.2 Å². The maximum Gasteiger partial charge on any atom is 0.0258 e. The maximum absolute atomic E-state index is 5.43. The smallest absolute Gasteiger partial charge is 0.0258 e. The molecule has 1 aliphatic carbocycles. The van der Waals surface area contributed by atoms with Crippen LogP contribution in [-0.2, 0) is 0 Å². The summed E-state index contributed by atoms with van der Waals surface area (Å²) in [7, 11) is 0. The van der Waals surface area contributed by atoms with Gasteiger partial charge in [-0.1, -0.05) is 44.7 Å². The molecule has 0 spiro atoms. The van der Waals surface area contributed by atoms with Gasteiger partial charge >= 0.3 is 0 Å². The monoisotopic (exact) mass is 288 g/mol. The number of benzene rings is 1. The van der Waals surface area contributed by atoms with E-state index in [0.717, 1.165) is 17.4 Å². The average molecular weight is 289 g/mol. The Kier molecular flexibility index (Phi) is 6.48. The van der Waals surface area contributed by atoms with Crippen LogP contribution >= 0.6 is 11.6 Å². The minimum absolute atomic E-state index is 0.760. The number of rotatable bonds is 5. The molecule has 0 nitrogen and oxygen atoms in total. The van der Waals surface area contributed by atoms with Gasteiger partial charge in [-0.25, -0.2) is 0 Å². The van der Waals surface area contributed by atoms with Crippen molar-refractivity contribution in [3.8, 4) is 11.3 Å². The molecule has 1 fully saturated rings. The van der Waals surface area contributed by atoms with E-state index in [2.05, 4.69) is 42.5 Å². The summed E-state index contributed by atoms with van der Waals surface area (Å²) in [4.78, 5) is 0. The van der Waals surface area contributed by atoms with Crippen molar-refractivity contribution in [1.82, 2.24) is 0 Å².